The first-order valence-electron chi connectivity index (χ1n) is 7.74. The van der Waals surface area contributed by atoms with Crippen molar-refractivity contribution < 1.29 is 14.7 Å². The molecule has 0 unspecified atom stereocenters. The van der Waals surface area contributed by atoms with Gasteiger partial charge in [0.05, 0.1) is 5.52 Å². The summed E-state index contributed by atoms with van der Waals surface area (Å²) in [6.45, 7) is 1.76. The highest BCUT2D eigenvalue weighted by molar-refractivity contribution is 5.97. The minimum atomic E-state index is -0.543. The lowest BCUT2D eigenvalue weighted by Crippen LogP contribution is -2.09. The normalized spacial score (nSPS) is 11.1. The Labute approximate surface area is 143 Å². The van der Waals surface area contributed by atoms with Gasteiger partial charge >= 0.3 is 0 Å². The number of para-hydroxylation sites is 1. The molecule has 0 aliphatic carbocycles. The SMILES string of the molecule is CCC(=O)Nc1ccc(C(=O)N=Nc2c(O)[nH]c3ccccc23)cc1. The standard InChI is InChI=1S/C18H16N4O3/c1-2-15(23)19-12-9-7-11(8-10-12)17(24)22-21-16-13-5-3-4-6-14(13)20-18(16)25/h3-10,20,25H,2H2,1H3,(H,19,23). The van der Waals surface area contributed by atoms with E-state index in [4.69, 9.17) is 0 Å². The second kappa shape index (κ2) is 6.96. The molecular formula is C18H16N4O3. The van der Waals surface area contributed by atoms with E-state index >= 15 is 0 Å². The van der Waals surface area contributed by atoms with E-state index < -0.39 is 5.91 Å². The van der Waals surface area contributed by atoms with E-state index in [1.54, 1.807) is 49.4 Å². The van der Waals surface area contributed by atoms with Crippen LogP contribution in [0.5, 0.6) is 5.88 Å². The molecule has 2 aromatic carbocycles. The van der Waals surface area contributed by atoms with Crippen LogP contribution in [0.4, 0.5) is 11.4 Å². The van der Waals surface area contributed by atoms with Gasteiger partial charge in [0.15, 0.2) is 5.69 Å². The van der Waals surface area contributed by atoms with Crippen LogP contribution in [0.2, 0.25) is 0 Å². The van der Waals surface area contributed by atoms with Gasteiger partial charge in [0.1, 0.15) is 0 Å². The molecule has 7 heteroatoms. The van der Waals surface area contributed by atoms with E-state index in [0.717, 1.165) is 0 Å². The lowest BCUT2D eigenvalue weighted by Gasteiger charge is -2.03. The first-order chi connectivity index (χ1) is 12.1. The number of nitrogens with zero attached hydrogens (tertiary/aromatic N) is 2. The molecule has 0 aliphatic heterocycles. The van der Waals surface area contributed by atoms with Crippen molar-refractivity contribution in [3.63, 3.8) is 0 Å². The molecule has 7 nitrogen and oxygen atoms in total. The van der Waals surface area contributed by atoms with Gasteiger partial charge in [-0.1, -0.05) is 25.1 Å². The Morgan fingerprint density at radius 1 is 1.12 bits per heavy atom. The van der Waals surface area contributed by atoms with Gasteiger partial charge in [-0.3, -0.25) is 9.59 Å². The Morgan fingerprint density at radius 2 is 1.84 bits per heavy atom. The molecular weight excluding hydrogens is 320 g/mol. The van der Waals surface area contributed by atoms with E-state index in [-0.39, 0.29) is 17.5 Å². The molecule has 0 radical (unpaired) electrons. The van der Waals surface area contributed by atoms with Crippen LogP contribution in [0.25, 0.3) is 10.9 Å². The Kier molecular flexibility index (Phi) is 4.56. The molecule has 0 spiro atoms. The van der Waals surface area contributed by atoms with Crippen LogP contribution < -0.4 is 5.32 Å². The summed E-state index contributed by atoms with van der Waals surface area (Å²) in [5.41, 5.74) is 1.86. The quantitative estimate of drug-likeness (QED) is 0.623. The second-order valence-electron chi connectivity index (χ2n) is 5.35. The van der Waals surface area contributed by atoms with Gasteiger partial charge < -0.3 is 15.4 Å². The monoisotopic (exact) mass is 336 g/mol. The summed E-state index contributed by atoms with van der Waals surface area (Å²) in [7, 11) is 0. The fourth-order valence-corrected chi connectivity index (χ4v) is 2.31. The molecule has 0 bridgehead atoms. The summed E-state index contributed by atoms with van der Waals surface area (Å²) in [6.07, 6.45) is 0.378. The Morgan fingerprint density at radius 3 is 2.56 bits per heavy atom. The number of amides is 2. The highest BCUT2D eigenvalue weighted by Gasteiger charge is 2.11. The number of aromatic nitrogens is 1. The predicted octanol–water partition coefficient (Wildman–Crippen LogP) is 4.15. The third kappa shape index (κ3) is 3.55. The number of anilines is 1. The van der Waals surface area contributed by atoms with Crippen LogP contribution in [0.15, 0.2) is 58.8 Å². The van der Waals surface area contributed by atoms with Gasteiger partial charge in [-0.15, -0.1) is 10.2 Å². The first-order valence-corrected chi connectivity index (χ1v) is 7.74. The van der Waals surface area contributed by atoms with Gasteiger partial charge in [-0.25, -0.2) is 0 Å². The number of aromatic amines is 1. The molecule has 25 heavy (non-hydrogen) atoms. The summed E-state index contributed by atoms with van der Waals surface area (Å²) < 4.78 is 0. The number of benzene rings is 2. The van der Waals surface area contributed by atoms with Crippen LogP contribution in [0.1, 0.15) is 23.7 Å². The zero-order valence-electron chi connectivity index (χ0n) is 13.5. The zero-order valence-corrected chi connectivity index (χ0v) is 13.5. The lowest BCUT2D eigenvalue weighted by atomic mass is 10.2. The van der Waals surface area contributed by atoms with Gasteiger partial charge in [0, 0.05) is 23.1 Å². The number of hydrogen-bond donors (Lipinski definition) is 3. The number of carbonyl (C=O) groups is 2. The molecule has 1 heterocycles. The molecule has 0 fully saturated rings. The molecule has 0 saturated heterocycles. The van der Waals surface area contributed by atoms with Crippen LogP contribution in [0, 0.1) is 0 Å². The Balaban J connectivity index is 1.78. The predicted molar refractivity (Wildman–Crippen MR) is 94.2 cm³/mol. The van der Waals surface area contributed by atoms with Crippen LogP contribution in [-0.2, 0) is 4.79 Å². The Bertz CT molecular complexity index is 958. The fraction of sp³-hybridized carbons (Fsp3) is 0.111. The summed E-state index contributed by atoms with van der Waals surface area (Å²) in [4.78, 5) is 26.2. The molecule has 0 saturated carbocycles. The number of carbonyl (C=O) groups excluding carboxylic acids is 2. The molecule has 0 aliphatic rings. The van der Waals surface area contributed by atoms with E-state index in [1.807, 2.05) is 6.07 Å². The van der Waals surface area contributed by atoms with Crippen molar-refractivity contribution in [2.75, 3.05) is 5.32 Å². The lowest BCUT2D eigenvalue weighted by molar-refractivity contribution is -0.115. The average molecular weight is 336 g/mol. The maximum Gasteiger partial charge on any atom is 0.295 e. The minimum absolute atomic E-state index is 0.103. The number of rotatable bonds is 4. The van der Waals surface area contributed by atoms with E-state index in [2.05, 4.69) is 20.5 Å². The topological polar surface area (TPSA) is 107 Å². The van der Waals surface area contributed by atoms with E-state index in [9.17, 15) is 14.7 Å². The summed E-state index contributed by atoms with van der Waals surface area (Å²) in [6, 6.07) is 13.6. The van der Waals surface area contributed by atoms with E-state index in [1.165, 1.54) is 0 Å². The van der Waals surface area contributed by atoms with Gasteiger partial charge in [0.25, 0.3) is 5.91 Å². The van der Waals surface area contributed by atoms with Crippen molar-refractivity contribution >= 4 is 34.1 Å². The van der Waals surface area contributed by atoms with Crippen LogP contribution >= 0.6 is 0 Å². The summed E-state index contributed by atoms with van der Waals surface area (Å²) in [5, 5.41) is 20.8. The summed E-state index contributed by atoms with van der Waals surface area (Å²) in [5.74, 6) is -0.790. The zero-order chi connectivity index (χ0) is 17.8. The van der Waals surface area contributed by atoms with Crippen molar-refractivity contribution in [3.8, 4) is 5.88 Å². The minimum Gasteiger partial charge on any atom is -0.493 e. The highest BCUT2D eigenvalue weighted by atomic mass is 16.3. The highest BCUT2D eigenvalue weighted by Crippen LogP contribution is 2.35. The van der Waals surface area contributed by atoms with Gasteiger partial charge in [-0.2, -0.15) is 0 Å². The maximum absolute atomic E-state index is 12.1. The maximum atomic E-state index is 12.1. The third-order valence-corrected chi connectivity index (χ3v) is 3.64. The number of nitrogens with one attached hydrogen (secondary N) is 2. The van der Waals surface area contributed by atoms with Crippen molar-refractivity contribution in [2.45, 2.75) is 13.3 Å². The van der Waals surface area contributed by atoms with Crippen molar-refractivity contribution in [1.82, 2.24) is 4.98 Å². The van der Waals surface area contributed by atoms with Gasteiger partial charge in [0.2, 0.25) is 11.8 Å². The number of aromatic hydroxyl groups is 1. The van der Waals surface area contributed by atoms with Crippen molar-refractivity contribution in [1.29, 1.82) is 0 Å². The van der Waals surface area contributed by atoms with Gasteiger partial charge in [-0.05, 0) is 30.3 Å². The smallest absolute Gasteiger partial charge is 0.295 e. The number of azo groups is 1. The fourth-order valence-electron chi connectivity index (χ4n) is 2.31. The molecule has 3 N–H and O–H groups in total. The van der Waals surface area contributed by atoms with Crippen molar-refractivity contribution in [2.24, 2.45) is 10.2 Å². The second-order valence-corrected chi connectivity index (χ2v) is 5.35. The largest absolute Gasteiger partial charge is 0.493 e. The van der Waals surface area contributed by atoms with Crippen molar-refractivity contribution in [3.05, 3.63) is 54.1 Å². The molecule has 0 atom stereocenters. The number of hydrogen-bond acceptors (Lipinski definition) is 4. The van der Waals surface area contributed by atoms with Crippen LogP contribution in [0.3, 0.4) is 0 Å². The number of H-pyrrole nitrogens is 1. The third-order valence-electron chi connectivity index (χ3n) is 3.64. The molecule has 126 valence electrons. The first kappa shape index (κ1) is 16.4. The number of fused-ring (bicyclic) bond motifs is 1. The Hall–Kier alpha value is -3.48. The molecule has 2 amide bonds. The molecule has 3 aromatic rings. The average Bonchev–Trinajstić information content (AvgIpc) is 2.95. The summed E-state index contributed by atoms with van der Waals surface area (Å²) >= 11 is 0. The molecule has 3 rings (SSSR count). The molecule has 1 aromatic heterocycles. The van der Waals surface area contributed by atoms with Crippen LogP contribution in [-0.4, -0.2) is 21.9 Å². The van der Waals surface area contributed by atoms with E-state index in [0.29, 0.717) is 28.6 Å².